The van der Waals surface area contributed by atoms with Crippen molar-refractivity contribution in [3.8, 4) is 56.8 Å². The monoisotopic (exact) mass is 660 g/mol. The Hall–Kier alpha value is -6.24. The number of hydrogen-bond donors (Lipinski definition) is 0. The van der Waals surface area contributed by atoms with Gasteiger partial charge in [-0.15, -0.1) is 11.8 Å². The second kappa shape index (κ2) is 11.7. The van der Waals surface area contributed by atoms with Crippen molar-refractivity contribution < 1.29 is 4.74 Å². The molecule has 10 rings (SSSR count). The zero-order valence-corrected chi connectivity index (χ0v) is 27.6. The summed E-state index contributed by atoms with van der Waals surface area (Å²) in [4.78, 5) is 18.5. The summed E-state index contributed by atoms with van der Waals surface area (Å²) >= 11 is 1.89. The summed E-state index contributed by atoms with van der Waals surface area (Å²) < 4.78 is 6.82. The Balaban J connectivity index is 1.15. The second-order valence-electron chi connectivity index (χ2n) is 12.4. The van der Waals surface area contributed by atoms with Crippen molar-refractivity contribution in [3.63, 3.8) is 0 Å². The highest BCUT2D eigenvalue weighted by molar-refractivity contribution is 7.98. The molecular weight excluding hydrogens is 633 g/mol. The minimum absolute atomic E-state index is 0.628. The molecule has 0 unspecified atom stereocenters. The number of thioether (sulfide) groups is 1. The van der Waals surface area contributed by atoms with Crippen LogP contribution < -0.4 is 9.64 Å². The summed E-state index contributed by atoms with van der Waals surface area (Å²) in [6, 6.07) is 54.4. The summed E-state index contributed by atoms with van der Waals surface area (Å²) in [6.07, 6.45) is 0. The van der Waals surface area contributed by atoms with E-state index < -0.39 is 0 Å². The molecule has 2 aliphatic heterocycles. The normalized spacial score (nSPS) is 12.8. The molecule has 3 heterocycles. The highest BCUT2D eigenvalue weighted by Crippen LogP contribution is 2.59. The van der Waals surface area contributed by atoms with Crippen molar-refractivity contribution in [1.82, 2.24) is 15.0 Å². The fraction of sp³-hybridized carbons (Fsp3) is 0.0227. The topological polar surface area (TPSA) is 51.1 Å². The molecule has 236 valence electrons. The van der Waals surface area contributed by atoms with Gasteiger partial charge in [0.15, 0.2) is 29.0 Å². The summed E-state index contributed by atoms with van der Waals surface area (Å²) in [7, 11) is 0. The number of benzene rings is 7. The molecule has 7 aromatic carbocycles. The Bertz CT molecular complexity index is 2510. The number of para-hydroxylation sites is 2. The molecule has 50 heavy (non-hydrogen) atoms. The van der Waals surface area contributed by atoms with E-state index in [1.165, 1.54) is 27.0 Å². The number of rotatable bonds is 4. The molecule has 0 amide bonds. The smallest absolute Gasteiger partial charge is 0.164 e. The van der Waals surface area contributed by atoms with Crippen molar-refractivity contribution >= 4 is 39.6 Å². The Morgan fingerprint density at radius 2 is 1.08 bits per heavy atom. The molecule has 0 aliphatic carbocycles. The van der Waals surface area contributed by atoms with Gasteiger partial charge < -0.3 is 9.64 Å². The van der Waals surface area contributed by atoms with Crippen LogP contribution in [0.4, 0.5) is 17.1 Å². The van der Waals surface area contributed by atoms with Gasteiger partial charge >= 0.3 is 0 Å². The molecule has 1 aromatic heterocycles. The Morgan fingerprint density at radius 3 is 1.78 bits per heavy atom. The fourth-order valence-corrected chi connectivity index (χ4v) is 8.19. The lowest BCUT2D eigenvalue weighted by atomic mass is 9.90. The van der Waals surface area contributed by atoms with Crippen molar-refractivity contribution in [2.24, 2.45) is 0 Å². The summed E-state index contributed by atoms with van der Waals surface area (Å²) in [5.41, 5.74) is 9.77. The van der Waals surface area contributed by atoms with E-state index >= 15 is 0 Å². The van der Waals surface area contributed by atoms with Crippen LogP contribution in [0.5, 0.6) is 11.5 Å². The number of anilines is 3. The molecule has 0 fully saturated rings. The third kappa shape index (κ3) is 4.68. The van der Waals surface area contributed by atoms with Crippen LogP contribution in [0.15, 0.2) is 163 Å². The van der Waals surface area contributed by atoms with E-state index in [2.05, 4.69) is 95.9 Å². The van der Waals surface area contributed by atoms with Crippen LogP contribution in [0.25, 0.3) is 56.1 Å². The number of ether oxygens (including phenoxy) is 1. The van der Waals surface area contributed by atoms with Crippen LogP contribution in [0.1, 0.15) is 5.56 Å². The summed E-state index contributed by atoms with van der Waals surface area (Å²) in [6.45, 7) is 0. The van der Waals surface area contributed by atoms with E-state index in [4.69, 9.17) is 19.7 Å². The first-order valence-corrected chi connectivity index (χ1v) is 17.6. The van der Waals surface area contributed by atoms with Crippen LogP contribution >= 0.6 is 11.8 Å². The van der Waals surface area contributed by atoms with E-state index in [9.17, 15) is 0 Å². The molecule has 0 N–H and O–H groups in total. The lowest BCUT2D eigenvalue weighted by Crippen LogP contribution is -2.19. The van der Waals surface area contributed by atoms with Gasteiger partial charge in [0.1, 0.15) is 0 Å². The van der Waals surface area contributed by atoms with Crippen LogP contribution in [0, 0.1) is 0 Å². The first-order chi connectivity index (χ1) is 24.8. The molecule has 8 aromatic rings. The molecule has 0 radical (unpaired) electrons. The molecule has 2 aliphatic rings. The van der Waals surface area contributed by atoms with Crippen LogP contribution in [0.3, 0.4) is 0 Å². The average molecular weight is 661 g/mol. The van der Waals surface area contributed by atoms with E-state index in [0.29, 0.717) is 17.5 Å². The largest absolute Gasteiger partial charge is 0.452 e. The Labute approximate surface area is 293 Å². The van der Waals surface area contributed by atoms with Gasteiger partial charge in [0, 0.05) is 38.4 Å². The third-order valence-electron chi connectivity index (χ3n) is 9.40. The lowest BCUT2D eigenvalue weighted by Gasteiger charge is -2.37. The number of nitrogens with zero attached hydrogens (tertiary/aromatic N) is 4. The number of hydrogen-bond acceptors (Lipinski definition) is 6. The van der Waals surface area contributed by atoms with E-state index in [0.717, 1.165) is 56.4 Å². The standard InChI is InChI=1S/C44H28N4OS/c1-3-13-28(14-4-1)42-45-43(29-15-5-2-6-16-29)47-44(46-42)30-23-25-31(26-24-30)48-36-20-10-11-21-37(36)49-41-33-18-8-7-17-32(33)39-34-19-9-12-22-38(34)50-27-35(39)40(41)48/h1-26H,27H2. The van der Waals surface area contributed by atoms with Crippen LogP contribution in [0.2, 0.25) is 0 Å². The molecule has 0 spiro atoms. The highest BCUT2D eigenvalue weighted by Gasteiger charge is 2.34. The molecule has 5 nitrogen and oxygen atoms in total. The zero-order chi connectivity index (χ0) is 33.0. The van der Waals surface area contributed by atoms with Gasteiger partial charge in [0.25, 0.3) is 0 Å². The molecule has 0 saturated carbocycles. The molecule has 6 heteroatoms. The molecule has 0 atom stereocenters. The van der Waals surface area contributed by atoms with Crippen molar-refractivity contribution in [2.45, 2.75) is 10.6 Å². The molecule has 0 saturated heterocycles. The van der Waals surface area contributed by atoms with E-state index in [-0.39, 0.29) is 0 Å². The van der Waals surface area contributed by atoms with E-state index in [1.54, 1.807) is 0 Å². The van der Waals surface area contributed by atoms with Crippen LogP contribution in [-0.4, -0.2) is 15.0 Å². The fourth-order valence-electron chi connectivity index (χ4n) is 7.11. The SMILES string of the molecule is c1ccc(-c2nc(-c3ccccc3)nc(-c3ccc(N4c5ccccc5Oc5c4c4c(c6ccccc56)-c5ccccc5SC4)cc3)n2)cc1. The maximum Gasteiger partial charge on any atom is 0.164 e. The van der Waals surface area contributed by atoms with Crippen LogP contribution in [-0.2, 0) is 5.75 Å². The quantitative estimate of drug-likeness (QED) is 0.187. The third-order valence-corrected chi connectivity index (χ3v) is 10.5. The average Bonchev–Trinajstić information content (AvgIpc) is 3.20. The van der Waals surface area contributed by atoms with Gasteiger partial charge in [-0.2, -0.15) is 0 Å². The number of aromatic nitrogens is 3. The summed E-state index contributed by atoms with van der Waals surface area (Å²) in [5, 5.41) is 2.31. The molecular formula is C44H28N4OS. The van der Waals surface area contributed by atoms with Gasteiger partial charge in [-0.25, -0.2) is 15.0 Å². The Kier molecular flexibility index (Phi) is 6.74. The first-order valence-electron chi connectivity index (χ1n) is 16.6. The predicted octanol–water partition coefficient (Wildman–Crippen LogP) is 11.9. The maximum absolute atomic E-state index is 6.82. The maximum atomic E-state index is 6.82. The Morgan fingerprint density at radius 1 is 0.520 bits per heavy atom. The van der Waals surface area contributed by atoms with Gasteiger partial charge in [0.2, 0.25) is 0 Å². The minimum atomic E-state index is 0.628. The zero-order valence-electron chi connectivity index (χ0n) is 26.8. The van der Waals surface area contributed by atoms with Crippen molar-refractivity contribution in [1.29, 1.82) is 0 Å². The van der Waals surface area contributed by atoms with Gasteiger partial charge in [-0.1, -0.05) is 115 Å². The minimum Gasteiger partial charge on any atom is -0.452 e. The predicted molar refractivity (Wildman–Crippen MR) is 203 cm³/mol. The first kappa shape index (κ1) is 28.7. The molecule has 0 bridgehead atoms. The van der Waals surface area contributed by atoms with Crippen molar-refractivity contribution in [3.05, 3.63) is 163 Å². The van der Waals surface area contributed by atoms with Gasteiger partial charge in [-0.05, 0) is 64.5 Å². The van der Waals surface area contributed by atoms with Crippen molar-refractivity contribution in [2.75, 3.05) is 4.90 Å². The van der Waals surface area contributed by atoms with Gasteiger partial charge in [0.05, 0.1) is 11.4 Å². The van der Waals surface area contributed by atoms with Gasteiger partial charge in [-0.3, -0.25) is 0 Å². The highest BCUT2D eigenvalue weighted by atomic mass is 32.2. The lowest BCUT2D eigenvalue weighted by molar-refractivity contribution is 0.482. The number of fused-ring (bicyclic) bond motifs is 9. The van der Waals surface area contributed by atoms with E-state index in [1.807, 2.05) is 78.5 Å². The second-order valence-corrected chi connectivity index (χ2v) is 13.4. The summed E-state index contributed by atoms with van der Waals surface area (Å²) in [5.74, 6) is 4.48.